The van der Waals surface area contributed by atoms with Gasteiger partial charge in [0.25, 0.3) is 0 Å². The molecule has 1 aromatic heterocycles. The molecular formula is C19H18FNOS. The highest BCUT2D eigenvalue weighted by Crippen LogP contribution is 2.16. The summed E-state index contributed by atoms with van der Waals surface area (Å²) in [4.78, 5) is 1.32. The number of rotatable bonds is 7. The molecule has 23 heavy (non-hydrogen) atoms. The molecule has 0 aliphatic carbocycles. The number of ether oxygens (including phenoxy) is 1. The number of nitrogens with one attached hydrogen (secondary N) is 1. The fourth-order valence-electron chi connectivity index (χ4n) is 2.26. The van der Waals surface area contributed by atoms with E-state index in [4.69, 9.17) is 4.74 Å². The Labute approximate surface area is 139 Å². The molecule has 4 heteroatoms. The van der Waals surface area contributed by atoms with Crippen LogP contribution < -0.4 is 10.1 Å². The van der Waals surface area contributed by atoms with E-state index in [1.807, 2.05) is 24.3 Å². The molecule has 3 aromatic rings. The van der Waals surface area contributed by atoms with E-state index >= 15 is 0 Å². The molecule has 0 saturated heterocycles. The first kappa shape index (κ1) is 15.7. The van der Waals surface area contributed by atoms with Crippen molar-refractivity contribution >= 4 is 11.3 Å². The third kappa shape index (κ3) is 4.65. The van der Waals surface area contributed by atoms with E-state index in [9.17, 15) is 4.39 Å². The van der Waals surface area contributed by atoms with E-state index in [1.54, 1.807) is 23.5 Å². The van der Waals surface area contributed by atoms with Crippen LogP contribution in [0.5, 0.6) is 5.75 Å². The maximum Gasteiger partial charge on any atom is 0.129 e. The van der Waals surface area contributed by atoms with Crippen molar-refractivity contribution < 1.29 is 9.13 Å². The first-order valence-electron chi connectivity index (χ1n) is 7.49. The molecule has 0 atom stereocenters. The van der Waals surface area contributed by atoms with Crippen LogP contribution in [0.2, 0.25) is 0 Å². The van der Waals surface area contributed by atoms with Crippen molar-refractivity contribution in [3.05, 3.63) is 87.9 Å². The van der Waals surface area contributed by atoms with Crippen molar-refractivity contribution in [1.82, 2.24) is 5.32 Å². The Morgan fingerprint density at radius 1 is 0.957 bits per heavy atom. The zero-order chi connectivity index (χ0) is 15.9. The van der Waals surface area contributed by atoms with Crippen molar-refractivity contribution in [2.24, 2.45) is 0 Å². The molecule has 3 rings (SSSR count). The van der Waals surface area contributed by atoms with Gasteiger partial charge >= 0.3 is 0 Å². The molecule has 0 fully saturated rings. The average Bonchev–Trinajstić information content (AvgIpc) is 3.08. The van der Waals surface area contributed by atoms with Crippen molar-refractivity contribution in [2.75, 3.05) is 0 Å². The van der Waals surface area contributed by atoms with Gasteiger partial charge in [-0.1, -0.05) is 36.4 Å². The predicted molar refractivity (Wildman–Crippen MR) is 92.0 cm³/mol. The number of hydrogen-bond donors (Lipinski definition) is 1. The van der Waals surface area contributed by atoms with Crippen LogP contribution in [0, 0.1) is 5.82 Å². The Kier molecular flexibility index (Phi) is 5.40. The second-order valence-corrected chi connectivity index (χ2v) is 6.24. The first-order chi connectivity index (χ1) is 11.3. The summed E-state index contributed by atoms with van der Waals surface area (Å²) in [6.07, 6.45) is 0. The molecule has 2 nitrogen and oxygen atoms in total. The zero-order valence-corrected chi connectivity index (χ0v) is 13.5. The number of benzene rings is 2. The molecule has 0 aliphatic heterocycles. The van der Waals surface area contributed by atoms with E-state index in [0.29, 0.717) is 5.56 Å². The van der Waals surface area contributed by atoms with E-state index in [2.05, 4.69) is 28.9 Å². The molecule has 0 amide bonds. The summed E-state index contributed by atoms with van der Waals surface area (Å²) >= 11 is 1.75. The second kappa shape index (κ2) is 7.90. The summed E-state index contributed by atoms with van der Waals surface area (Å²) in [6, 6.07) is 18.7. The van der Waals surface area contributed by atoms with Gasteiger partial charge in [0.2, 0.25) is 0 Å². The van der Waals surface area contributed by atoms with E-state index in [-0.39, 0.29) is 12.4 Å². The maximum atomic E-state index is 13.6. The summed E-state index contributed by atoms with van der Waals surface area (Å²) in [5, 5.41) is 5.49. The van der Waals surface area contributed by atoms with Gasteiger partial charge in [0, 0.05) is 23.5 Å². The molecule has 1 N–H and O–H groups in total. The van der Waals surface area contributed by atoms with Gasteiger partial charge < -0.3 is 10.1 Å². The van der Waals surface area contributed by atoms with Crippen molar-refractivity contribution in [2.45, 2.75) is 19.7 Å². The van der Waals surface area contributed by atoms with Crippen LogP contribution in [-0.2, 0) is 19.7 Å². The molecular weight excluding hydrogens is 309 g/mol. The van der Waals surface area contributed by atoms with Gasteiger partial charge in [-0.15, -0.1) is 11.3 Å². The SMILES string of the molecule is Fc1ccccc1COc1cccc(CNCc2cccs2)c1. The van der Waals surface area contributed by atoms with Gasteiger partial charge in [0.15, 0.2) is 0 Å². The monoisotopic (exact) mass is 327 g/mol. The summed E-state index contributed by atoms with van der Waals surface area (Å²) in [7, 11) is 0. The molecule has 2 aromatic carbocycles. The minimum Gasteiger partial charge on any atom is -0.489 e. The Morgan fingerprint density at radius 2 is 1.87 bits per heavy atom. The Morgan fingerprint density at radius 3 is 2.70 bits per heavy atom. The fourth-order valence-corrected chi connectivity index (χ4v) is 2.94. The number of halogens is 1. The lowest BCUT2D eigenvalue weighted by atomic mass is 10.2. The fraction of sp³-hybridized carbons (Fsp3) is 0.158. The van der Waals surface area contributed by atoms with Gasteiger partial charge in [0.05, 0.1) is 0 Å². The quantitative estimate of drug-likeness (QED) is 0.676. The maximum absolute atomic E-state index is 13.6. The summed E-state index contributed by atoms with van der Waals surface area (Å²) < 4.78 is 19.3. The van der Waals surface area contributed by atoms with Crippen LogP contribution in [0.15, 0.2) is 66.0 Å². The van der Waals surface area contributed by atoms with Crippen LogP contribution in [0.1, 0.15) is 16.0 Å². The van der Waals surface area contributed by atoms with E-state index in [1.165, 1.54) is 10.9 Å². The van der Waals surface area contributed by atoms with Gasteiger partial charge in [-0.05, 0) is 35.2 Å². The lowest BCUT2D eigenvalue weighted by molar-refractivity contribution is 0.299. The number of thiophene rings is 1. The highest BCUT2D eigenvalue weighted by molar-refractivity contribution is 7.09. The van der Waals surface area contributed by atoms with Gasteiger partial charge in [-0.2, -0.15) is 0 Å². The molecule has 0 unspecified atom stereocenters. The smallest absolute Gasteiger partial charge is 0.129 e. The van der Waals surface area contributed by atoms with Gasteiger partial charge in [0.1, 0.15) is 18.2 Å². The summed E-state index contributed by atoms with van der Waals surface area (Å²) in [6.45, 7) is 1.87. The lowest BCUT2D eigenvalue weighted by Crippen LogP contribution is -2.11. The topological polar surface area (TPSA) is 21.3 Å². The Balaban J connectivity index is 1.53. The van der Waals surface area contributed by atoms with Gasteiger partial charge in [-0.3, -0.25) is 0 Å². The lowest BCUT2D eigenvalue weighted by Gasteiger charge is -2.09. The second-order valence-electron chi connectivity index (χ2n) is 5.21. The molecule has 0 saturated carbocycles. The van der Waals surface area contributed by atoms with Crippen LogP contribution >= 0.6 is 11.3 Å². The van der Waals surface area contributed by atoms with E-state index < -0.39 is 0 Å². The molecule has 1 heterocycles. The normalized spacial score (nSPS) is 10.7. The zero-order valence-electron chi connectivity index (χ0n) is 12.7. The van der Waals surface area contributed by atoms with Crippen LogP contribution in [0.4, 0.5) is 4.39 Å². The molecule has 0 bridgehead atoms. The van der Waals surface area contributed by atoms with Crippen LogP contribution in [0.25, 0.3) is 0 Å². The minimum absolute atomic E-state index is 0.235. The Bertz CT molecular complexity index is 743. The number of hydrogen-bond acceptors (Lipinski definition) is 3. The van der Waals surface area contributed by atoms with Crippen LogP contribution in [-0.4, -0.2) is 0 Å². The highest BCUT2D eigenvalue weighted by Gasteiger charge is 2.03. The van der Waals surface area contributed by atoms with Crippen molar-refractivity contribution in [1.29, 1.82) is 0 Å². The summed E-state index contributed by atoms with van der Waals surface area (Å²) in [5.74, 6) is 0.518. The van der Waals surface area contributed by atoms with Crippen molar-refractivity contribution in [3.63, 3.8) is 0 Å². The standard InChI is InChI=1S/C19H18FNOS/c20-19-9-2-1-6-16(19)14-22-17-7-3-5-15(11-17)12-21-13-18-8-4-10-23-18/h1-11,21H,12-14H2. The van der Waals surface area contributed by atoms with Crippen molar-refractivity contribution in [3.8, 4) is 5.75 Å². The molecule has 118 valence electrons. The van der Waals surface area contributed by atoms with E-state index in [0.717, 1.165) is 24.4 Å². The summed E-state index contributed by atoms with van der Waals surface area (Å²) in [5.41, 5.74) is 1.71. The highest BCUT2D eigenvalue weighted by atomic mass is 32.1. The third-order valence-corrected chi connectivity index (χ3v) is 4.34. The molecule has 0 spiro atoms. The average molecular weight is 327 g/mol. The molecule has 0 aliphatic rings. The first-order valence-corrected chi connectivity index (χ1v) is 8.37. The largest absolute Gasteiger partial charge is 0.489 e. The Hall–Kier alpha value is -2.17. The van der Waals surface area contributed by atoms with Gasteiger partial charge in [-0.25, -0.2) is 4.39 Å². The predicted octanol–water partition coefficient (Wildman–Crippen LogP) is 4.76. The molecule has 0 radical (unpaired) electrons. The van der Waals surface area contributed by atoms with Crippen LogP contribution in [0.3, 0.4) is 0 Å². The third-order valence-electron chi connectivity index (χ3n) is 3.46. The minimum atomic E-state index is -0.235.